The molecule has 7 heteroatoms. The number of hydrogen-bond donors (Lipinski definition) is 0. The highest BCUT2D eigenvalue weighted by atomic mass is 32.1. The van der Waals surface area contributed by atoms with Gasteiger partial charge in [-0.2, -0.15) is 0 Å². The molecule has 164 valence electrons. The van der Waals surface area contributed by atoms with Gasteiger partial charge in [0.15, 0.2) is 16.3 Å². The fourth-order valence-corrected chi connectivity index (χ4v) is 4.71. The van der Waals surface area contributed by atoms with Crippen LogP contribution >= 0.6 is 11.3 Å². The lowest BCUT2D eigenvalue weighted by Crippen LogP contribution is -2.37. The summed E-state index contributed by atoms with van der Waals surface area (Å²) >= 11 is 1.67. The summed E-state index contributed by atoms with van der Waals surface area (Å²) in [6, 6.07) is 16.2. The van der Waals surface area contributed by atoms with Gasteiger partial charge < -0.3 is 18.8 Å². The first-order valence-electron chi connectivity index (χ1n) is 10.6. The van der Waals surface area contributed by atoms with Crippen LogP contribution in [0.15, 0.2) is 58.9 Å². The predicted octanol–water partition coefficient (Wildman–Crippen LogP) is 4.19. The number of rotatable bonds is 8. The maximum atomic E-state index is 5.53. The number of ether oxygens (including phenoxy) is 3. The van der Waals surface area contributed by atoms with E-state index >= 15 is 0 Å². The molecule has 0 aliphatic carbocycles. The van der Waals surface area contributed by atoms with E-state index in [1.807, 2.05) is 42.5 Å². The largest absolute Gasteiger partial charge is 0.493 e. The van der Waals surface area contributed by atoms with Gasteiger partial charge >= 0.3 is 0 Å². The zero-order valence-corrected chi connectivity index (χ0v) is 18.9. The van der Waals surface area contributed by atoms with E-state index in [4.69, 9.17) is 19.2 Å². The van der Waals surface area contributed by atoms with Crippen molar-refractivity contribution in [3.63, 3.8) is 0 Å². The van der Waals surface area contributed by atoms with Crippen molar-refractivity contribution >= 4 is 17.0 Å². The molecule has 1 saturated heterocycles. The van der Waals surface area contributed by atoms with Crippen molar-refractivity contribution in [2.45, 2.75) is 13.0 Å². The van der Waals surface area contributed by atoms with E-state index in [9.17, 15) is 0 Å². The number of para-hydroxylation sites is 1. The molecular weight excluding hydrogens is 410 g/mol. The predicted molar refractivity (Wildman–Crippen MR) is 124 cm³/mol. The smallest absolute Gasteiger partial charge is 0.190 e. The van der Waals surface area contributed by atoms with Crippen molar-refractivity contribution < 1.29 is 14.2 Å². The number of methoxy groups -OCH3 is 2. The second-order valence-corrected chi connectivity index (χ2v) is 8.22. The summed E-state index contributed by atoms with van der Waals surface area (Å²) in [5.74, 6) is 1.46. The standard InChI is InChI=1S/C24H29N3O3S/c1-28-22-10-9-19(17-23(22)29-2)21-18-31-24(25-20-7-4-3-5-8-20)27(21)12-6-11-26-13-15-30-16-14-26/h3-5,7-10,17-18H,6,11-16H2,1-2H3. The Kier molecular flexibility index (Phi) is 7.40. The molecule has 1 fully saturated rings. The average Bonchev–Trinajstić information content (AvgIpc) is 3.22. The van der Waals surface area contributed by atoms with Crippen molar-refractivity contribution in [1.82, 2.24) is 9.47 Å². The molecule has 0 N–H and O–H groups in total. The Hall–Kier alpha value is -2.61. The monoisotopic (exact) mass is 439 g/mol. The van der Waals surface area contributed by atoms with Gasteiger partial charge in [-0.15, -0.1) is 11.3 Å². The van der Waals surface area contributed by atoms with E-state index in [1.165, 1.54) is 0 Å². The van der Waals surface area contributed by atoms with Crippen LogP contribution in [0.25, 0.3) is 11.3 Å². The maximum absolute atomic E-state index is 5.53. The Morgan fingerprint density at radius 3 is 2.48 bits per heavy atom. The minimum absolute atomic E-state index is 0.729. The third kappa shape index (κ3) is 5.36. The van der Waals surface area contributed by atoms with Crippen LogP contribution < -0.4 is 14.3 Å². The van der Waals surface area contributed by atoms with E-state index in [0.29, 0.717) is 0 Å². The van der Waals surface area contributed by atoms with Crippen molar-refractivity contribution in [2.24, 2.45) is 4.99 Å². The number of aromatic nitrogens is 1. The number of benzene rings is 2. The number of hydrogen-bond acceptors (Lipinski definition) is 6. The fraction of sp³-hybridized carbons (Fsp3) is 0.375. The van der Waals surface area contributed by atoms with E-state index in [2.05, 4.69) is 20.9 Å². The molecule has 1 aliphatic rings. The number of nitrogens with zero attached hydrogens (tertiary/aromatic N) is 3. The molecule has 2 aromatic carbocycles. The summed E-state index contributed by atoms with van der Waals surface area (Å²) in [5.41, 5.74) is 3.20. The first-order chi connectivity index (χ1) is 15.3. The molecule has 6 nitrogen and oxygen atoms in total. The van der Waals surface area contributed by atoms with Gasteiger partial charge in [0.2, 0.25) is 0 Å². The molecule has 1 aromatic heterocycles. The van der Waals surface area contributed by atoms with E-state index in [-0.39, 0.29) is 0 Å². The average molecular weight is 440 g/mol. The number of morpholine rings is 1. The molecule has 31 heavy (non-hydrogen) atoms. The maximum Gasteiger partial charge on any atom is 0.190 e. The molecule has 4 rings (SSSR count). The first kappa shape index (κ1) is 21.6. The van der Waals surface area contributed by atoms with Crippen LogP contribution in [-0.4, -0.2) is 56.5 Å². The summed E-state index contributed by atoms with van der Waals surface area (Å²) in [4.78, 5) is 8.39. The Bertz CT molecular complexity index is 1040. The molecule has 0 spiro atoms. The van der Waals surface area contributed by atoms with Crippen molar-refractivity contribution in [3.05, 3.63) is 58.7 Å². The first-order valence-corrected chi connectivity index (χ1v) is 11.5. The Balaban J connectivity index is 1.65. The SMILES string of the molecule is COc1ccc(-c2csc(=Nc3ccccc3)n2CCCN2CCOCC2)cc1OC. The summed E-state index contributed by atoms with van der Waals surface area (Å²) < 4.78 is 18.7. The molecule has 0 unspecified atom stereocenters. The molecule has 1 aliphatic heterocycles. The molecule has 0 amide bonds. The summed E-state index contributed by atoms with van der Waals surface area (Å²) in [7, 11) is 3.33. The van der Waals surface area contributed by atoms with Crippen LogP contribution in [0.5, 0.6) is 11.5 Å². The Morgan fingerprint density at radius 2 is 1.74 bits per heavy atom. The minimum atomic E-state index is 0.729. The summed E-state index contributed by atoms with van der Waals surface area (Å²) in [6.45, 7) is 5.64. The van der Waals surface area contributed by atoms with Gasteiger partial charge in [0, 0.05) is 37.1 Å². The number of thiazole rings is 1. The lowest BCUT2D eigenvalue weighted by Gasteiger charge is -2.26. The molecule has 0 atom stereocenters. The molecule has 0 bridgehead atoms. The highest BCUT2D eigenvalue weighted by Gasteiger charge is 2.14. The normalized spacial score (nSPS) is 15.2. The zero-order chi connectivity index (χ0) is 21.5. The van der Waals surface area contributed by atoms with Crippen LogP contribution in [0.1, 0.15) is 6.42 Å². The minimum Gasteiger partial charge on any atom is -0.493 e. The lowest BCUT2D eigenvalue weighted by atomic mass is 10.1. The van der Waals surface area contributed by atoms with E-state index in [1.54, 1.807) is 25.6 Å². The Labute approximate surface area is 187 Å². The second-order valence-electron chi connectivity index (χ2n) is 7.38. The van der Waals surface area contributed by atoms with Crippen LogP contribution in [0.2, 0.25) is 0 Å². The zero-order valence-electron chi connectivity index (χ0n) is 18.1. The molecule has 2 heterocycles. The van der Waals surface area contributed by atoms with Gasteiger partial charge in [0.1, 0.15) is 0 Å². The quantitative estimate of drug-likeness (QED) is 0.528. The van der Waals surface area contributed by atoms with Gasteiger partial charge in [-0.25, -0.2) is 4.99 Å². The van der Waals surface area contributed by atoms with Crippen LogP contribution in [0, 0.1) is 0 Å². The van der Waals surface area contributed by atoms with Crippen LogP contribution in [0.3, 0.4) is 0 Å². The van der Waals surface area contributed by atoms with Crippen molar-refractivity contribution in [1.29, 1.82) is 0 Å². The molecule has 3 aromatic rings. The molecule has 0 radical (unpaired) electrons. The molecule has 0 saturated carbocycles. The third-order valence-corrected chi connectivity index (χ3v) is 6.28. The topological polar surface area (TPSA) is 48.2 Å². The second kappa shape index (κ2) is 10.6. The van der Waals surface area contributed by atoms with Gasteiger partial charge in [0.05, 0.1) is 38.8 Å². The van der Waals surface area contributed by atoms with E-state index < -0.39 is 0 Å². The highest BCUT2D eigenvalue weighted by Crippen LogP contribution is 2.32. The van der Waals surface area contributed by atoms with Gasteiger partial charge in [0.25, 0.3) is 0 Å². The Morgan fingerprint density at radius 1 is 0.968 bits per heavy atom. The van der Waals surface area contributed by atoms with Gasteiger partial charge in [-0.3, -0.25) is 4.90 Å². The molecular formula is C24H29N3O3S. The van der Waals surface area contributed by atoms with Crippen LogP contribution in [-0.2, 0) is 11.3 Å². The van der Waals surface area contributed by atoms with Crippen LogP contribution in [0.4, 0.5) is 5.69 Å². The summed E-state index contributed by atoms with van der Waals surface area (Å²) in [5, 5.41) is 2.18. The van der Waals surface area contributed by atoms with Gasteiger partial charge in [-0.1, -0.05) is 18.2 Å². The third-order valence-electron chi connectivity index (χ3n) is 5.42. The van der Waals surface area contributed by atoms with Crippen molar-refractivity contribution in [3.8, 4) is 22.8 Å². The van der Waals surface area contributed by atoms with Crippen molar-refractivity contribution in [2.75, 3.05) is 47.1 Å². The fourth-order valence-electron chi connectivity index (χ4n) is 3.75. The summed E-state index contributed by atoms with van der Waals surface area (Å²) in [6.07, 6.45) is 1.05. The van der Waals surface area contributed by atoms with E-state index in [0.717, 1.165) is 79.1 Å². The highest BCUT2D eigenvalue weighted by molar-refractivity contribution is 7.07. The lowest BCUT2D eigenvalue weighted by molar-refractivity contribution is 0.0369. The van der Waals surface area contributed by atoms with Gasteiger partial charge in [-0.05, 0) is 36.8 Å².